The number of thioether (sulfide) groups is 1. The van der Waals surface area contributed by atoms with E-state index in [0.29, 0.717) is 10.0 Å². The van der Waals surface area contributed by atoms with Gasteiger partial charge in [0.2, 0.25) is 0 Å². The summed E-state index contributed by atoms with van der Waals surface area (Å²) in [5.41, 5.74) is 2.39. The minimum atomic E-state index is -0.243. The first kappa shape index (κ1) is 19.2. The zero-order chi connectivity index (χ0) is 19.0. The number of H-pyrrole nitrogens is 1. The summed E-state index contributed by atoms with van der Waals surface area (Å²) in [7, 11) is 0. The van der Waals surface area contributed by atoms with Crippen molar-refractivity contribution in [3.05, 3.63) is 65.9 Å². The molecule has 2 aliphatic carbocycles. The van der Waals surface area contributed by atoms with Gasteiger partial charge in [0.1, 0.15) is 0 Å². The number of nitrogens with one attached hydrogen (secondary N) is 1. The largest absolute Gasteiger partial charge is 0.328 e. The Bertz CT molecular complexity index is 963. The van der Waals surface area contributed by atoms with Crippen molar-refractivity contribution in [1.29, 1.82) is 0 Å². The Morgan fingerprint density at radius 2 is 1.85 bits per heavy atom. The van der Waals surface area contributed by atoms with Crippen LogP contribution in [0.1, 0.15) is 66.6 Å². The Labute approximate surface area is 172 Å². The molecule has 1 N–H and O–H groups in total. The van der Waals surface area contributed by atoms with Crippen molar-refractivity contribution in [1.82, 2.24) is 9.55 Å². The molecular weight excluding hydrogens is 403 g/mol. The Kier molecular flexibility index (Phi) is 5.72. The summed E-state index contributed by atoms with van der Waals surface area (Å²) in [6.45, 7) is 0. The quantitative estimate of drug-likeness (QED) is 0.726. The number of halogens is 2. The molecule has 0 spiro atoms. The number of fused-ring (bicyclic) bond motifs is 1. The third-order valence-electron chi connectivity index (χ3n) is 5.62. The monoisotopic (exact) mass is 424 g/mol. The van der Waals surface area contributed by atoms with E-state index in [-0.39, 0.29) is 22.5 Å². The van der Waals surface area contributed by atoms with E-state index in [1.807, 2.05) is 12.1 Å². The van der Waals surface area contributed by atoms with E-state index in [4.69, 9.17) is 23.2 Å². The summed E-state index contributed by atoms with van der Waals surface area (Å²) < 4.78 is 1.49. The van der Waals surface area contributed by atoms with E-state index < -0.39 is 0 Å². The van der Waals surface area contributed by atoms with Crippen LogP contribution in [0.3, 0.4) is 0 Å². The van der Waals surface area contributed by atoms with Crippen LogP contribution < -0.4 is 11.2 Å². The molecule has 2 aromatic rings. The highest BCUT2D eigenvalue weighted by Gasteiger charge is 2.30. The molecule has 1 fully saturated rings. The summed E-state index contributed by atoms with van der Waals surface area (Å²) in [5, 5.41) is 1.23. The molecular formula is C20H22Cl2N2O2S. The third kappa shape index (κ3) is 3.87. The average Bonchev–Trinajstić information content (AvgIpc) is 3.06. The van der Waals surface area contributed by atoms with Gasteiger partial charge in [-0.1, -0.05) is 48.5 Å². The highest BCUT2D eigenvalue weighted by molar-refractivity contribution is 7.98. The van der Waals surface area contributed by atoms with E-state index in [2.05, 4.69) is 4.98 Å². The normalized spacial score (nSPS) is 20.0. The number of rotatable bonds is 4. The van der Waals surface area contributed by atoms with E-state index in [9.17, 15) is 9.59 Å². The third-order valence-corrected chi connectivity index (χ3v) is 7.73. The first-order valence-electron chi connectivity index (χ1n) is 9.47. The van der Waals surface area contributed by atoms with Gasteiger partial charge in [-0.15, -0.1) is 11.8 Å². The molecule has 0 amide bonds. The lowest BCUT2D eigenvalue weighted by Crippen LogP contribution is -2.41. The lowest BCUT2D eigenvalue weighted by Gasteiger charge is -2.23. The van der Waals surface area contributed by atoms with Gasteiger partial charge in [-0.2, -0.15) is 0 Å². The number of hydrogen-bond donors (Lipinski definition) is 1. The van der Waals surface area contributed by atoms with Crippen molar-refractivity contribution in [3.63, 3.8) is 0 Å². The Morgan fingerprint density at radius 1 is 1.07 bits per heavy atom. The predicted molar refractivity (Wildman–Crippen MR) is 112 cm³/mol. The van der Waals surface area contributed by atoms with Gasteiger partial charge in [0.05, 0.1) is 10.0 Å². The number of nitrogens with zero attached hydrogens (tertiary/aromatic N) is 1. The maximum atomic E-state index is 13.0. The smallest absolute Gasteiger partial charge is 0.310 e. The van der Waals surface area contributed by atoms with Crippen molar-refractivity contribution in [2.45, 2.75) is 62.0 Å². The maximum absolute atomic E-state index is 13.0. The van der Waals surface area contributed by atoms with Gasteiger partial charge in [0.15, 0.2) is 0 Å². The molecule has 144 valence electrons. The van der Waals surface area contributed by atoms with Gasteiger partial charge in [-0.3, -0.25) is 9.36 Å². The van der Waals surface area contributed by atoms with Crippen LogP contribution in [-0.4, -0.2) is 9.55 Å². The second-order valence-corrected chi connectivity index (χ2v) is 9.38. The van der Waals surface area contributed by atoms with E-state index >= 15 is 0 Å². The van der Waals surface area contributed by atoms with Crippen molar-refractivity contribution in [3.8, 4) is 0 Å². The predicted octanol–water partition coefficient (Wildman–Crippen LogP) is 5.27. The topological polar surface area (TPSA) is 54.9 Å². The number of benzene rings is 1. The fraction of sp³-hybridized carbons (Fsp3) is 0.500. The van der Waals surface area contributed by atoms with Crippen LogP contribution in [0.5, 0.6) is 0 Å². The molecule has 4 nitrogen and oxygen atoms in total. The first-order valence-corrected chi connectivity index (χ1v) is 11.3. The Morgan fingerprint density at radius 3 is 2.59 bits per heavy atom. The van der Waals surface area contributed by atoms with E-state index in [0.717, 1.165) is 61.1 Å². The molecule has 0 radical (unpaired) electrons. The first-order chi connectivity index (χ1) is 13.0. The second kappa shape index (κ2) is 8.06. The lowest BCUT2D eigenvalue weighted by atomic mass is 9.95. The number of aromatic nitrogens is 2. The van der Waals surface area contributed by atoms with Gasteiger partial charge < -0.3 is 4.98 Å². The van der Waals surface area contributed by atoms with Gasteiger partial charge in [-0.25, -0.2) is 4.79 Å². The maximum Gasteiger partial charge on any atom is 0.328 e. The van der Waals surface area contributed by atoms with Gasteiger partial charge >= 0.3 is 5.69 Å². The van der Waals surface area contributed by atoms with Crippen LogP contribution in [0.25, 0.3) is 0 Å². The highest BCUT2D eigenvalue weighted by atomic mass is 35.5. The molecule has 1 aromatic heterocycles. The van der Waals surface area contributed by atoms with Crippen molar-refractivity contribution in [2.24, 2.45) is 0 Å². The zero-order valence-electron chi connectivity index (χ0n) is 15.0. The zero-order valence-corrected chi connectivity index (χ0v) is 17.3. The number of aromatic amines is 1. The molecule has 7 heteroatoms. The van der Waals surface area contributed by atoms with Crippen LogP contribution in [0, 0.1) is 0 Å². The van der Waals surface area contributed by atoms with Crippen molar-refractivity contribution < 1.29 is 0 Å². The van der Waals surface area contributed by atoms with Crippen LogP contribution >= 0.6 is 35.0 Å². The van der Waals surface area contributed by atoms with E-state index in [1.165, 1.54) is 11.0 Å². The minimum Gasteiger partial charge on any atom is -0.310 e. The molecule has 0 bridgehead atoms. The molecule has 4 rings (SSSR count). The lowest BCUT2D eigenvalue weighted by molar-refractivity contribution is 0.335. The SMILES string of the molecule is O=c1[nH]c2c(c(=O)n1C1CCCCC1)CCC2SCc1ccc(Cl)c(Cl)c1. The van der Waals surface area contributed by atoms with E-state index in [1.54, 1.807) is 17.8 Å². The van der Waals surface area contributed by atoms with Crippen LogP contribution in [0.15, 0.2) is 27.8 Å². The average molecular weight is 425 g/mol. The van der Waals surface area contributed by atoms with Crippen molar-refractivity contribution in [2.75, 3.05) is 0 Å². The minimum absolute atomic E-state index is 0.0585. The molecule has 1 saturated carbocycles. The summed E-state index contributed by atoms with van der Waals surface area (Å²) in [4.78, 5) is 28.7. The van der Waals surface area contributed by atoms with Gasteiger partial charge in [0, 0.05) is 28.3 Å². The standard InChI is InChI=1S/C20H22Cl2N2O2S/c21-15-8-6-12(10-16(15)22)11-27-17-9-7-14-18(17)23-20(26)24(19(14)25)13-4-2-1-3-5-13/h6,8,10,13,17H,1-5,7,9,11H2,(H,23,26). The summed E-state index contributed by atoms with van der Waals surface area (Å²) in [6.07, 6.45) is 6.85. The second-order valence-electron chi connectivity index (χ2n) is 7.38. The van der Waals surface area contributed by atoms with Crippen LogP contribution in [0.4, 0.5) is 0 Å². The summed E-state index contributed by atoms with van der Waals surface area (Å²) in [5.74, 6) is 0.759. The fourth-order valence-electron chi connectivity index (χ4n) is 4.20. The fourth-order valence-corrected chi connectivity index (χ4v) is 5.75. The van der Waals surface area contributed by atoms with Crippen LogP contribution in [0.2, 0.25) is 10.0 Å². The van der Waals surface area contributed by atoms with Gasteiger partial charge in [0.25, 0.3) is 5.56 Å². The molecule has 2 aliphatic rings. The number of hydrogen-bond acceptors (Lipinski definition) is 3. The summed E-state index contributed by atoms with van der Waals surface area (Å²) in [6, 6.07) is 5.69. The van der Waals surface area contributed by atoms with Crippen LogP contribution in [-0.2, 0) is 12.2 Å². The Balaban J connectivity index is 1.56. The molecule has 1 aromatic carbocycles. The Hall–Kier alpha value is -1.17. The highest BCUT2D eigenvalue weighted by Crippen LogP contribution is 2.40. The molecule has 1 unspecified atom stereocenters. The summed E-state index contributed by atoms with van der Waals surface area (Å²) >= 11 is 13.8. The molecule has 0 saturated heterocycles. The molecule has 1 atom stereocenters. The van der Waals surface area contributed by atoms with Gasteiger partial charge in [-0.05, 0) is 43.4 Å². The molecule has 27 heavy (non-hydrogen) atoms. The van der Waals surface area contributed by atoms with Crippen molar-refractivity contribution >= 4 is 35.0 Å². The molecule has 0 aliphatic heterocycles. The molecule has 1 heterocycles.